The van der Waals surface area contributed by atoms with Gasteiger partial charge in [-0.2, -0.15) is 0 Å². The Bertz CT molecular complexity index is 718. The van der Waals surface area contributed by atoms with Crippen molar-refractivity contribution in [2.75, 3.05) is 24.5 Å². The molecular formula is C20H25N3O2S. The number of para-hydroxylation sites is 1. The van der Waals surface area contributed by atoms with Gasteiger partial charge in [-0.3, -0.25) is 9.59 Å². The molecule has 1 aromatic carbocycles. The van der Waals surface area contributed by atoms with Gasteiger partial charge in [0.05, 0.1) is 12.5 Å². The minimum absolute atomic E-state index is 0.0182. The van der Waals surface area contributed by atoms with E-state index in [4.69, 9.17) is 0 Å². The second-order valence-electron chi connectivity index (χ2n) is 6.71. The Labute approximate surface area is 158 Å². The normalized spacial score (nSPS) is 17.7. The van der Waals surface area contributed by atoms with Crippen LogP contribution in [0.25, 0.3) is 0 Å². The van der Waals surface area contributed by atoms with Gasteiger partial charge in [-0.15, -0.1) is 11.3 Å². The predicted molar refractivity (Wildman–Crippen MR) is 105 cm³/mol. The van der Waals surface area contributed by atoms with Gasteiger partial charge in [0.15, 0.2) is 0 Å². The zero-order chi connectivity index (χ0) is 18.4. The summed E-state index contributed by atoms with van der Waals surface area (Å²) in [6.07, 6.45) is 1.35. The first-order chi connectivity index (χ1) is 12.6. The second-order valence-corrected chi connectivity index (χ2v) is 7.69. The quantitative estimate of drug-likeness (QED) is 0.787. The lowest BCUT2D eigenvalue weighted by molar-refractivity contribution is -0.122. The molecule has 0 spiro atoms. The van der Waals surface area contributed by atoms with E-state index >= 15 is 0 Å². The lowest BCUT2D eigenvalue weighted by atomic mass is 10.1. The van der Waals surface area contributed by atoms with Crippen molar-refractivity contribution in [3.8, 4) is 0 Å². The first-order valence-corrected chi connectivity index (χ1v) is 9.87. The maximum absolute atomic E-state index is 12.4. The van der Waals surface area contributed by atoms with Gasteiger partial charge in [0, 0.05) is 37.1 Å². The smallest absolute Gasteiger partial charge is 0.222 e. The molecule has 5 nitrogen and oxygen atoms in total. The molecule has 2 heterocycles. The highest BCUT2D eigenvalue weighted by atomic mass is 32.1. The van der Waals surface area contributed by atoms with Crippen molar-refractivity contribution in [3.63, 3.8) is 0 Å². The van der Waals surface area contributed by atoms with Crippen LogP contribution in [-0.4, -0.2) is 31.4 Å². The molecule has 1 fully saturated rings. The van der Waals surface area contributed by atoms with E-state index in [1.165, 1.54) is 12.6 Å². The fourth-order valence-electron chi connectivity index (χ4n) is 3.35. The Kier molecular flexibility index (Phi) is 6.28. The third-order valence-corrected chi connectivity index (χ3v) is 5.63. The number of carbonyl (C=O) groups excluding carboxylic acids is 2. The molecular weight excluding hydrogens is 346 g/mol. The molecule has 1 aromatic heterocycles. The third-order valence-electron chi connectivity index (χ3n) is 4.65. The molecule has 1 aliphatic heterocycles. The summed E-state index contributed by atoms with van der Waals surface area (Å²) in [5, 5.41) is 7.88. The first kappa shape index (κ1) is 18.5. The van der Waals surface area contributed by atoms with Crippen LogP contribution in [0.1, 0.15) is 30.7 Å². The number of thiophene rings is 1. The fraction of sp³-hybridized carbons (Fsp3) is 0.400. The lowest BCUT2D eigenvalue weighted by Crippen LogP contribution is -2.35. The molecule has 26 heavy (non-hydrogen) atoms. The molecule has 1 aliphatic rings. The summed E-state index contributed by atoms with van der Waals surface area (Å²) in [6, 6.07) is 14.0. The van der Waals surface area contributed by atoms with Crippen molar-refractivity contribution in [1.29, 1.82) is 0 Å². The van der Waals surface area contributed by atoms with Crippen molar-refractivity contribution in [2.24, 2.45) is 5.92 Å². The second kappa shape index (κ2) is 8.85. The molecule has 2 aromatic rings. The van der Waals surface area contributed by atoms with Crippen LogP contribution in [0.5, 0.6) is 0 Å². The Morgan fingerprint density at radius 3 is 2.73 bits per heavy atom. The summed E-state index contributed by atoms with van der Waals surface area (Å²) < 4.78 is 0. The molecule has 0 bridgehead atoms. The van der Waals surface area contributed by atoms with E-state index in [1.54, 1.807) is 11.3 Å². The zero-order valence-corrected chi connectivity index (χ0v) is 15.8. The lowest BCUT2D eigenvalue weighted by Gasteiger charge is -2.19. The van der Waals surface area contributed by atoms with E-state index in [1.807, 2.05) is 23.6 Å². The van der Waals surface area contributed by atoms with Gasteiger partial charge in [0.1, 0.15) is 0 Å². The van der Waals surface area contributed by atoms with Gasteiger partial charge in [0.2, 0.25) is 11.8 Å². The van der Waals surface area contributed by atoms with Crippen molar-refractivity contribution < 1.29 is 9.59 Å². The largest absolute Gasteiger partial charge is 0.371 e. The number of carbonyl (C=O) groups is 2. The van der Waals surface area contributed by atoms with Crippen LogP contribution in [0, 0.1) is 5.92 Å². The molecule has 138 valence electrons. The van der Waals surface area contributed by atoms with E-state index in [0.29, 0.717) is 12.5 Å². The van der Waals surface area contributed by atoms with Crippen LogP contribution >= 0.6 is 11.3 Å². The summed E-state index contributed by atoms with van der Waals surface area (Å²) in [6.45, 7) is 4.15. The standard InChI is InChI=1S/C20H25N3O2S/c1-15(24)22-18(19-8-5-11-26-19)12-20(25)21-13-16-9-10-23(14-16)17-6-3-2-4-7-17/h2-8,11,16,18H,9-10,12-14H2,1H3,(H,21,25)(H,22,24)/t16-,18-/m0/s1. The topological polar surface area (TPSA) is 61.4 Å². The highest BCUT2D eigenvalue weighted by molar-refractivity contribution is 7.10. The van der Waals surface area contributed by atoms with Crippen LogP contribution in [-0.2, 0) is 9.59 Å². The molecule has 2 N–H and O–H groups in total. The summed E-state index contributed by atoms with van der Waals surface area (Å²) in [5.74, 6) is 0.320. The van der Waals surface area contributed by atoms with Crippen molar-refractivity contribution >= 4 is 28.8 Å². The fourth-order valence-corrected chi connectivity index (χ4v) is 4.12. The number of nitrogens with zero attached hydrogens (tertiary/aromatic N) is 1. The molecule has 1 saturated heterocycles. The van der Waals surface area contributed by atoms with Crippen LogP contribution in [0.2, 0.25) is 0 Å². The van der Waals surface area contributed by atoms with E-state index in [0.717, 1.165) is 24.4 Å². The minimum atomic E-state index is -0.253. The van der Waals surface area contributed by atoms with Crippen LogP contribution in [0.4, 0.5) is 5.69 Å². The average molecular weight is 372 g/mol. The summed E-state index contributed by atoms with van der Waals surface area (Å²) in [7, 11) is 0. The highest BCUT2D eigenvalue weighted by Gasteiger charge is 2.24. The molecule has 0 radical (unpaired) electrons. The van der Waals surface area contributed by atoms with Crippen LogP contribution < -0.4 is 15.5 Å². The molecule has 0 saturated carbocycles. The van der Waals surface area contributed by atoms with Crippen molar-refractivity contribution in [3.05, 3.63) is 52.7 Å². The molecule has 6 heteroatoms. The molecule has 2 atom stereocenters. The van der Waals surface area contributed by atoms with E-state index in [2.05, 4.69) is 39.8 Å². The summed E-state index contributed by atoms with van der Waals surface area (Å²) >= 11 is 1.55. The number of nitrogens with one attached hydrogen (secondary N) is 2. The van der Waals surface area contributed by atoms with Gasteiger partial charge in [-0.05, 0) is 35.9 Å². The predicted octanol–water partition coefficient (Wildman–Crippen LogP) is 2.96. The van der Waals surface area contributed by atoms with Crippen molar-refractivity contribution in [2.45, 2.75) is 25.8 Å². The molecule has 3 rings (SSSR count). The number of hydrogen-bond acceptors (Lipinski definition) is 4. The number of amides is 2. The van der Waals surface area contributed by atoms with E-state index < -0.39 is 0 Å². The van der Waals surface area contributed by atoms with Crippen molar-refractivity contribution in [1.82, 2.24) is 10.6 Å². The molecule has 0 unspecified atom stereocenters. The first-order valence-electron chi connectivity index (χ1n) is 8.99. The summed E-state index contributed by atoms with van der Waals surface area (Å²) in [4.78, 5) is 27.2. The number of benzene rings is 1. The zero-order valence-electron chi connectivity index (χ0n) is 15.0. The average Bonchev–Trinajstić information content (AvgIpc) is 3.32. The molecule has 2 amide bonds. The minimum Gasteiger partial charge on any atom is -0.371 e. The SMILES string of the molecule is CC(=O)N[C@@H](CC(=O)NC[C@@H]1CCN(c2ccccc2)C1)c1cccs1. The number of rotatable bonds is 7. The Morgan fingerprint density at radius 1 is 1.23 bits per heavy atom. The maximum Gasteiger partial charge on any atom is 0.222 e. The van der Waals surface area contributed by atoms with Crippen LogP contribution in [0.3, 0.4) is 0 Å². The molecule has 0 aliphatic carbocycles. The van der Waals surface area contributed by atoms with Gasteiger partial charge in [-0.25, -0.2) is 0 Å². The van der Waals surface area contributed by atoms with E-state index in [9.17, 15) is 9.59 Å². The van der Waals surface area contributed by atoms with Gasteiger partial charge in [-0.1, -0.05) is 24.3 Å². The maximum atomic E-state index is 12.4. The van der Waals surface area contributed by atoms with Crippen LogP contribution in [0.15, 0.2) is 47.8 Å². The van der Waals surface area contributed by atoms with Gasteiger partial charge in [0.25, 0.3) is 0 Å². The Balaban J connectivity index is 1.47. The summed E-state index contributed by atoms with van der Waals surface area (Å²) in [5.41, 5.74) is 1.24. The third kappa shape index (κ3) is 5.08. The highest BCUT2D eigenvalue weighted by Crippen LogP contribution is 2.24. The number of anilines is 1. The monoisotopic (exact) mass is 371 g/mol. The Hall–Kier alpha value is -2.34. The number of hydrogen-bond donors (Lipinski definition) is 2. The van der Waals surface area contributed by atoms with Gasteiger partial charge >= 0.3 is 0 Å². The van der Waals surface area contributed by atoms with Gasteiger partial charge < -0.3 is 15.5 Å². The Morgan fingerprint density at radius 2 is 2.04 bits per heavy atom. The van der Waals surface area contributed by atoms with E-state index in [-0.39, 0.29) is 24.3 Å².